The van der Waals surface area contributed by atoms with Crippen molar-refractivity contribution in [3.63, 3.8) is 0 Å². The Morgan fingerprint density at radius 1 is 1.09 bits per heavy atom. The van der Waals surface area contributed by atoms with E-state index in [4.69, 9.17) is 4.74 Å². The molecule has 0 N–H and O–H groups in total. The van der Waals surface area contributed by atoms with Crippen LogP contribution in [-0.4, -0.2) is 42.9 Å². The molecule has 7 heteroatoms. The molecule has 4 rings (SSSR count). The van der Waals surface area contributed by atoms with Crippen LogP contribution in [-0.2, 0) is 21.2 Å². The third-order valence-corrected chi connectivity index (χ3v) is 7.66. The molecular weight excluding hydrogens is 429 g/mol. The minimum Gasteiger partial charge on any atom is -0.478 e. The number of hydrogen-bond acceptors (Lipinski definition) is 4. The normalized spacial score (nSPS) is 18.4. The van der Waals surface area contributed by atoms with Crippen molar-refractivity contribution in [1.29, 1.82) is 0 Å². The van der Waals surface area contributed by atoms with Crippen molar-refractivity contribution in [3.05, 3.63) is 78.1 Å². The van der Waals surface area contributed by atoms with Crippen LogP contribution in [0.3, 0.4) is 0 Å². The van der Waals surface area contributed by atoms with E-state index in [1.54, 1.807) is 24.0 Å². The number of fused-ring (bicyclic) bond motifs is 1. The van der Waals surface area contributed by atoms with Gasteiger partial charge in [-0.05, 0) is 41.3 Å². The summed E-state index contributed by atoms with van der Waals surface area (Å²) in [5.74, 6) is -0.868. The van der Waals surface area contributed by atoms with Crippen molar-refractivity contribution in [3.8, 4) is 5.75 Å². The number of carbonyl (C=O) groups is 1. The zero-order valence-corrected chi connectivity index (χ0v) is 18.7. The first kappa shape index (κ1) is 22.3. The van der Waals surface area contributed by atoms with Crippen LogP contribution in [0, 0.1) is 5.82 Å². The van der Waals surface area contributed by atoms with Crippen molar-refractivity contribution in [2.24, 2.45) is 0 Å². The molecule has 5 nitrogen and oxygen atoms in total. The number of nitrogens with zero attached hydrogens (tertiary/aromatic N) is 1. The zero-order chi connectivity index (χ0) is 22.7. The Balaban J connectivity index is 1.67. The van der Waals surface area contributed by atoms with Gasteiger partial charge in [0.05, 0.1) is 11.5 Å². The van der Waals surface area contributed by atoms with Gasteiger partial charge in [0.2, 0.25) is 0 Å². The number of benzene rings is 3. The third kappa shape index (κ3) is 4.78. The van der Waals surface area contributed by atoms with E-state index in [1.165, 1.54) is 12.1 Å². The van der Waals surface area contributed by atoms with E-state index in [2.05, 4.69) is 0 Å². The van der Waals surface area contributed by atoms with Crippen molar-refractivity contribution in [1.82, 2.24) is 4.90 Å². The van der Waals surface area contributed by atoms with Gasteiger partial charge in [-0.25, -0.2) is 12.8 Å². The maximum atomic E-state index is 14.1. The summed E-state index contributed by atoms with van der Waals surface area (Å²) in [4.78, 5) is 15.2. The summed E-state index contributed by atoms with van der Waals surface area (Å²) in [5, 5.41) is 2.06. The molecule has 2 atom stereocenters. The second-order valence-corrected chi connectivity index (χ2v) is 10.3. The highest BCUT2D eigenvalue weighted by molar-refractivity contribution is 7.91. The first-order valence-corrected chi connectivity index (χ1v) is 12.6. The topological polar surface area (TPSA) is 63.7 Å². The van der Waals surface area contributed by atoms with Crippen molar-refractivity contribution in [2.75, 3.05) is 11.5 Å². The lowest BCUT2D eigenvalue weighted by Gasteiger charge is -2.32. The SMILES string of the molecule is CC[C@@H](Oc1ccccc1F)C(=O)N(Cc1cccc2ccccc12)[C@@H]1CCS(=O)(=O)C1. The lowest BCUT2D eigenvalue weighted by molar-refractivity contribution is -0.141. The summed E-state index contributed by atoms with van der Waals surface area (Å²) < 4.78 is 44.3. The summed E-state index contributed by atoms with van der Waals surface area (Å²) in [5.41, 5.74) is 0.932. The van der Waals surface area contributed by atoms with Crippen LogP contribution in [0.1, 0.15) is 25.3 Å². The minimum atomic E-state index is -3.20. The number of ether oxygens (including phenoxy) is 1. The average molecular weight is 456 g/mol. The monoisotopic (exact) mass is 455 g/mol. The molecule has 32 heavy (non-hydrogen) atoms. The van der Waals surface area contributed by atoms with Gasteiger partial charge in [-0.3, -0.25) is 4.79 Å². The number of carbonyl (C=O) groups excluding carboxylic acids is 1. The number of halogens is 1. The molecule has 1 saturated heterocycles. The van der Waals surface area contributed by atoms with E-state index in [1.807, 2.05) is 42.5 Å². The summed E-state index contributed by atoms with van der Waals surface area (Å²) in [7, 11) is -3.20. The molecule has 3 aromatic rings. The van der Waals surface area contributed by atoms with Gasteiger partial charge in [-0.2, -0.15) is 0 Å². The summed E-state index contributed by atoms with van der Waals surface area (Å²) in [6.45, 7) is 2.06. The van der Waals surface area contributed by atoms with Gasteiger partial charge in [0.1, 0.15) is 0 Å². The van der Waals surface area contributed by atoms with E-state index in [9.17, 15) is 17.6 Å². The Hall–Kier alpha value is -2.93. The number of amides is 1. The molecule has 1 fully saturated rings. The van der Waals surface area contributed by atoms with Crippen LogP contribution in [0.4, 0.5) is 4.39 Å². The first-order chi connectivity index (χ1) is 15.4. The maximum Gasteiger partial charge on any atom is 0.264 e. The number of hydrogen-bond donors (Lipinski definition) is 0. The minimum absolute atomic E-state index is 0.0110. The Bertz CT molecular complexity index is 1220. The van der Waals surface area contributed by atoms with Gasteiger partial charge < -0.3 is 9.64 Å². The maximum absolute atomic E-state index is 14.1. The lowest BCUT2D eigenvalue weighted by Crippen LogP contribution is -2.47. The van der Waals surface area contributed by atoms with Crippen LogP contribution in [0.2, 0.25) is 0 Å². The largest absolute Gasteiger partial charge is 0.478 e. The molecule has 0 unspecified atom stereocenters. The standard InChI is InChI=1S/C25H26FNO4S/c1-2-23(31-24-13-6-5-12-22(24)26)25(28)27(20-14-15-32(29,30)17-20)16-19-10-7-9-18-8-3-4-11-21(18)19/h3-13,20,23H,2,14-17H2,1H3/t20-,23-/m1/s1. The predicted octanol–water partition coefficient (Wildman–Crippen LogP) is 4.35. The zero-order valence-electron chi connectivity index (χ0n) is 17.9. The fraction of sp³-hybridized carbons (Fsp3) is 0.320. The number of para-hydroxylation sites is 1. The fourth-order valence-corrected chi connectivity index (χ4v) is 5.94. The third-order valence-electron chi connectivity index (χ3n) is 5.90. The van der Waals surface area contributed by atoms with Crippen molar-refractivity contribution < 1.29 is 22.3 Å². The number of rotatable bonds is 7. The highest BCUT2D eigenvalue weighted by atomic mass is 32.2. The Morgan fingerprint density at radius 3 is 2.53 bits per heavy atom. The molecule has 1 amide bonds. The molecule has 1 aliphatic rings. The molecule has 0 aliphatic carbocycles. The number of sulfone groups is 1. The molecule has 0 bridgehead atoms. The summed E-state index contributed by atoms with van der Waals surface area (Å²) in [6.07, 6.45) is -0.196. The van der Waals surface area contributed by atoms with Crippen LogP contribution in [0.25, 0.3) is 10.8 Å². The van der Waals surface area contributed by atoms with Gasteiger partial charge in [-0.15, -0.1) is 0 Å². The van der Waals surface area contributed by atoms with Crippen LogP contribution in [0.15, 0.2) is 66.7 Å². The predicted molar refractivity (Wildman–Crippen MR) is 123 cm³/mol. The Kier molecular flexibility index (Phi) is 6.46. The molecule has 0 aromatic heterocycles. The first-order valence-electron chi connectivity index (χ1n) is 10.8. The Labute approximate surface area is 187 Å². The van der Waals surface area contributed by atoms with Gasteiger partial charge in [-0.1, -0.05) is 61.5 Å². The van der Waals surface area contributed by atoms with Crippen molar-refractivity contribution >= 4 is 26.5 Å². The highest BCUT2D eigenvalue weighted by Gasteiger charge is 2.37. The van der Waals surface area contributed by atoms with Gasteiger partial charge in [0, 0.05) is 12.6 Å². The van der Waals surface area contributed by atoms with E-state index in [-0.39, 0.29) is 29.7 Å². The van der Waals surface area contributed by atoms with E-state index < -0.39 is 27.8 Å². The van der Waals surface area contributed by atoms with Gasteiger partial charge >= 0.3 is 0 Å². The fourth-order valence-electron chi connectivity index (χ4n) is 4.21. The average Bonchev–Trinajstić information content (AvgIpc) is 3.15. The van der Waals surface area contributed by atoms with E-state index in [0.29, 0.717) is 12.8 Å². The molecule has 1 aliphatic heterocycles. The molecule has 3 aromatic carbocycles. The molecule has 1 heterocycles. The van der Waals surface area contributed by atoms with Crippen LogP contribution < -0.4 is 4.74 Å². The lowest BCUT2D eigenvalue weighted by atomic mass is 10.0. The Morgan fingerprint density at radius 2 is 1.81 bits per heavy atom. The van der Waals surface area contributed by atoms with E-state index >= 15 is 0 Å². The molecule has 168 valence electrons. The molecule has 0 radical (unpaired) electrons. The summed E-state index contributed by atoms with van der Waals surface area (Å²) >= 11 is 0. The quantitative estimate of drug-likeness (QED) is 0.531. The molecular formula is C25H26FNO4S. The van der Waals surface area contributed by atoms with Crippen molar-refractivity contribution in [2.45, 2.75) is 38.5 Å². The van der Waals surface area contributed by atoms with E-state index in [0.717, 1.165) is 16.3 Å². The van der Waals surface area contributed by atoms with Crippen LogP contribution >= 0.6 is 0 Å². The highest BCUT2D eigenvalue weighted by Crippen LogP contribution is 2.27. The second kappa shape index (κ2) is 9.28. The summed E-state index contributed by atoms with van der Waals surface area (Å²) in [6, 6.07) is 19.3. The molecule has 0 spiro atoms. The molecule has 0 saturated carbocycles. The van der Waals surface area contributed by atoms with Crippen LogP contribution in [0.5, 0.6) is 5.75 Å². The second-order valence-electron chi connectivity index (χ2n) is 8.11. The van der Waals surface area contributed by atoms with Gasteiger partial charge in [0.25, 0.3) is 5.91 Å². The van der Waals surface area contributed by atoms with Gasteiger partial charge in [0.15, 0.2) is 27.5 Å². The smallest absolute Gasteiger partial charge is 0.264 e.